The highest BCUT2D eigenvalue weighted by atomic mass is 16.5. The molecule has 0 aromatic heterocycles. The Labute approximate surface area is 102 Å². The molecule has 1 saturated carbocycles. The van der Waals surface area contributed by atoms with Crippen molar-refractivity contribution in [3.8, 4) is 0 Å². The number of amides is 1. The van der Waals surface area contributed by atoms with Crippen molar-refractivity contribution < 1.29 is 14.3 Å². The van der Waals surface area contributed by atoms with Gasteiger partial charge < -0.3 is 9.64 Å². The van der Waals surface area contributed by atoms with Crippen LogP contribution in [0.5, 0.6) is 0 Å². The van der Waals surface area contributed by atoms with Crippen LogP contribution in [0.15, 0.2) is 0 Å². The summed E-state index contributed by atoms with van der Waals surface area (Å²) in [6, 6.07) is 0. The molecule has 1 amide bonds. The van der Waals surface area contributed by atoms with E-state index in [1.165, 1.54) is 19.3 Å². The number of fused-ring (bicyclic) bond motifs is 1. The third-order valence-corrected chi connectivity index (χ3v) is 3.93. The molecule has 96 valence electrons. The second-order valence-electron chi connectivity index (χ2n) is 5.05. The number of carbonyl (C=O) groups excluding carboxylic acids is 2. The minimum absolute atomic E-state index is 0.118. The molecular weight excluding hydrogens is 218 g/mol. The summed E-state index contributed by atoms with van der Waals surface area (Å²) in [4.78, 5) is 25.0. The molecule has 1 saturated heterocycles. The van der Waals surface area contributed by atoms with E-state index in [0.29, 0.717) is 13.0 Å². The molecule has 4 nitrogen and oxygen atoms in total. The third kappa shape index (κ3) is 2.99. The first kappa shape index (κ1) is 12.4. The highest BCUT2D eigenvalue weighted by Crippen LogP contribution is 2.37. The zero-order chi connectivity index (χ0) is 12.3. The maximum absolute atomic E-state index is 11.9. The van der Waals surface area contributed by atoms with Crippen LogP contribution in [-0.4, -0.2) is 36.5 Å². The van der Waals surface area contributed by atoms with Gasteiger partial charge in [-0.3, -0.25) is 9.59 Å². The number of esters is 1. The van der Waals surface area contributed by atoms with E-state index < -0.39 is 0 Å². The molecule has 1 aliphatic heterocycles. The first-order valence-electron chi connectivity index (χ1n) is 6.64. The Morgan fingerprint density at radius 2 is 1.82 bits per heavy atom. The third-order valence-electron chi connectivity index (χ3n) is 3.93. The van der Waals surface area contributed by atoms with Crippen LogP contribution in [0.2, 0.25) is 0 Å². The van der Waals surface area contributed by atoms with Crippen molar-refractivity contribution in [1.82, 2.24) is 4.90 Å². The molecule has 2 fully saturated rings. The monoisotopic (exact) mass is 239 g/mol. The maximum Gasteiger partial charge on any atom is 0.306 e. The van der Waals surface area contributed by atoms with Gasteiger partial charge in [-0.05, 0) is 31.6 Å². The number of hydrogen-bond acceptors (Lipinski definition) is 3. The van der Waals surface area contributed by atoms with Gasteiger partial charge >= 0.3 is 5.97 Å². The van der Waals surface area contributed by atoms with Crippen molar-refractivity contribution in [3.63, 3.8) is 0 Å². The van der Waals surface area contributed by atoms with Crippen LogP contribution >= 0.6 is 0 Å². The Balaban J connectivity index is 1.72. The van der Waals surface area contributed by atoms with Crippen LogP contribution in [0.1, 0.15) is 39.0 Å². The first-order chi connectivity index (χ1) is 8.20. The summed E-state index contributed by atoms with van der Waals surface area (Å²) >= 11 is 0. The average molecular weight is 239 g/mol. The summed E-state index contributed by atoms with van der Waals surface area (Å²) in [5.74, 6) is 1.30. The molecular formula is C13H21NO3. The lowest BCUT2D eigenvalue weighted by molar-refractivity contribution is -0.145. The molecule has 0 aromatic carbocycles. The summed E-state index contributed by atoms with van der Waals surface area (Å²) in [5.41, 5.74) is 0. The van der Waals surface area contributed by atoms with E-state index in [4.69, 9.17) is 4.74 Å². The van der Waals surface area contributed by atoms with Crippen LogP contribution < -0.4 is 0 Å². The fourth-order valence-electron chi connectivity index (χ4n) is 3.04. The summed E-state index contributed by atoms with van der Waals surface area (Å²) < 4.78 is 4.82. The summed E-state index contributed by atoms with van der Waals surface area (Å²) in [5, 5.41) is 0. The molecule has 2 aliphatic rings. The molecule has 0 radical (unpaired) electrons. The summed E-state index contributed by atoms with van der Waals surface area (Å²) in [6.45, 7) is 3.99. The van der Waals surface area contributed by atoms with E-state index >= 15 is 0 Å². The second-order valence-corrected chi connectivity index (χ2v) is 5.05. The van der Waals surface area contributed by atoms with Gasteiger partial charge in [0.1, 0.15) is 0 Å². The molecule has 0 N–H and O–H groups in total. The van der Waals surface area contributed by atoms with Gasteiger partial charge in [-0.15, -0.1) is 0 Å². The van der Waals surface area contributed by atoms with Crippen LogP contribution in [0.3, 0.4) is 0 Å². The Morgan fingerprint density at radius 3 is 2.41 bits per heavy atom. The van der Waals surface area contributed by atoms with Gasteiger partial charge in [0.15, 0.2) is 0 Å². The smallest absolute Gasteiger partial charge is 0.306 e. The molecule has 0 spiro atoms. The number of hydrogen-bond donors (Lipinski definition) is 0. The summed E-state index contributed by atoms with van der Waals surface area (Å²) in [6.07, 6.45) is 4.38. The molecule has 2 unspecified atom stereocenters. The quantitative estimate of drug-likeness (QED) is 0.700. The fourth-order valence-corrected chi connectivity index (χ4v) is 3.04. The largest absolute Gasteiger partial charge is 0.466 e. The number of nitrogens with zero attached hydrogens (tertiary/aromatic N) is 1. The fraction of sp³-hybridized carbons (Fsp3) is 0.846. The molecule has 4 heteroatoms. The highest BCUT2D eigenvalue weighted by Gasteiger charge is 2.37. The van der Waals surface area contributed by atoms with Crippen LogP contribution in [-0.2, 0) is 14.3 Å². The van der Waals surface area contributed by atoms with Crippen LogP contribution in [0.25, 0.3) is 0 Å². The minimum atomic E-state index is -0.264. The van der Waals surface area contributed by atoms with E-state index in [9.17, 15) is 9.59 Å². The first-order valence-corrected chi connectivity index (χ1v) is 6.64. The molecule has 1 heterocycles. The Bertz CT molecular complexity index is 291. The van der Waals surface area contributed by atoms with Crippen molar-refractivity contribution in [1.29, 1.82) is 0 Å². The normalized spacial score (nSPS) is 27.0. The van der Waals surface area contributed by atoms with Gasteiger partial charge in [0.25, 0.3) is 0 Å². The molecule has 0 bridgehead atoms. The molecule has 0 aromatic rings. The zero-order valence-electron chi connectivity index (χ0n) is 10.5. The SMILES string of the molecule is CCOC(=O)CCC(=O)N1CC2CCCC2C1. The second kappa shape index (κ2) is 5.52. The van der Waals surface area contributed by atoms with E-state index in [-0.39, 0.29) is 18.3 Å². The predicted octanol–water partition coefficient (Wildman–Crippen LogP) is 1.59. The van der Waals surface area contributed by atoms with Crippen LogP contribution in [0.4, 0.5) is 0 Å². The Morgan fingerprint density at radius 1 is 1.18 bits per heavy atom. The topological polar surface area (TPSA) is 46.6 Å². The highest BCUT2D eigenvalue weighted by molar-refractivity contribution is 5.81. The summed E-state index contributed by atoms with van der Waals surface area (Å²) in [7, 11) is 0. The molecule has 1 aliphatic carbocycles. The van der Waals surface area contributed by atoms with E-state index in [1.54, 1.807) is 6.92 Å². The number of carbonyl (C=O) groups is 2. The van der Waals surface area contributed by atoms with Crippen molar-refractivity contribution in [2.75, 3.05) is 19.7 Å². The standard InChI is InChI=1S/C13H21NO3/c1-2-17-13(16)7-6-12(15)14-8-10-4-3-5-11(10)9-14/h10-11H,2-9H2,1H3. The van der Waals surface area contributed by atoms with E-state index in [0.717, 1.165) is 24.9 Å². The Hall–Kier alpha value is -1.06. The van der Waals surface area contributed by atoms with Gasteiger partial charge in [0.2, 0.25) is 5.91 Å². The molecule has 17 heavy (non-hydrogen) atoms. The van der Waals surface area contributed by atoms with E-state index in [1.807, 2.05) is 4.90 Å². The predicted molar refractivity (Wildman–Crippen MR) is 63.3 cm³/mol. The molecule has 2 rings (SSSR count). The number of rotatable bonds is 4. The van der Waals surface area contributed by atoms with Gasteiger partial charge in [-0.1, -0.05) is 6.42 Å². The lowest BCUT2D eigenvalue weighted by atomic mass is 10.0. The van der Waals surface area contributed by atoms with Gasteiger partial charge in [0, 0.05) is 19.5 Å². The number of likely N-dealkylation sites (tertiary alicyclic amines) is 1. The van der Waals surface area contributed by atoms with Crippen molar-refractivity contribution in [2.45, 2.75) is 39.0 Å². The lowest BCUT2D eigenvalue weighted by Gasteiger charge is -2.16. The molecule has 2 atom stereocenters. The minimum Gasteiger partial charge on any atom is -0.466 e. The lowest BCUT2D eigenvalue weighted by Crippen LogP contribution is -2.29. The van der Waals surface area contributed by atoms with Crippen LogP contribution in [0, 0.1) is 11.8 Å². The van der Waals surface area contributed by atoms with Gasteiger partial charge in [0.05, 0.1) is 13.0 Å². The van der Waals surface area contributed by atoms with Crippen molar-refractivity contribution >= 4 is 11.9 Å². The van der Waals surface area contributed by atoms with E-state index in [2.05, 4.69) is 0 Å². The maximum atomic E-state index is 11.9. The number of ether oxygens (including phenoxy) is 1. The average Bonchev–Trinajstić information content (AvgIpc) is 2.86. The van der Waals surface area contributed by atoms with Gasteiger partial charge in [-0.2, -0.15) is 0 Å². The Kier molecular flexibility index (Phi) is 4.02. The van der Waals surface area contributed by atoms with Crippen molar-refractivity contribution in [2.24, 2.45) is 11.8 Å². The van der Waals surface area contributed by atoms with Crippen molar-refractivity contribution in [3.05, 3.63) is 0 Å². The van der Waals surface area contributed by atoms with Gasteiger partial charge in [-0.25, -0.2) is 0 Å². The zero-order valence-corrected chi connectivity index (χ0v) is 10.5.